The number of rotatable bonds is 0. The van der Waals surface area contributed by atoms with Crippen LogP contribution in [-0.4, -0.2) is 0 Å². The van der Waals surface area contributed by atoms with E-state index in [0.29, 0.717) is 5.92 Å². The van der Waals surface area contributed by atoms with E-state index in [1.54, 1.807) is 0 Å². The maximum atomic E-state index is 5.78. The lowest BCUT2D eigenvalue weighted by atomic mass is 9.82. The van der Waals surface area contributed by atoms with Gasteiger partial charge >= 0.3 is 0 Å². The van der Waals surface area contributed by atoms with Crippen molar-refractivity contribution in [1.82, 2.24) is 0 Å². The van der Waals surface area contributed by atoms with Gasteiger partial charge in [-0.3, -0.25) is 0 Å². The Labute approximate surface area is 52.3 Å². The van der Waals surface area contributed by atoms with E-state index in [4.69, 9.17) is 6.92 Å². The second kappa shape index (κ2) is 2.52. The van der Waals surface area contributed by atoms with Gasteiger partial charge in [-0.05, 0) is 25.2 Å². The molecule has 0 saturated heterocycles. The molecule has 8 heavy (non-hydrogen) atoms. The van der Waals surface area contributed by atoms with Crippen molar-refractivity contribution in [3.63, 3.8) is 0 Å². The molecule has 1 aliphatic carbocycles. The van der Waals surface area contributed by atoms with Gasteiger partial charge < -0.3 is 0 Å². The molecule has 0 aromatic heterocycles. The number of hydrogen-bond donors (Lipinski definition) is 0. The van der Waals surface area contributed by atoms with Crippen LogP contribution in [-0.2, 0) is 0 Å². The van der Waals surface area contributed by atoms with Crippen molar-refractivity contribution in [2.45, 2.75) is 32.6 Å². The SMILES string of the molecule is [CH][C@H]1CCCC[C@@H]1C. The van der Waals surface area contributed by atoms with Crippen LogP contribution in [0.2, 0.25) is 0 Å². The van der Waals surface area contributed by atoms with Crippen LogP contribution in [0.15, 0.2) is 0 Å². The monoisotopic (exact) mass is 110 g/mol. The van der Waals surface area contributed by atoms with Gasteiger partial charge in [0.2, 0.25) is 0 Å². The molecule has 2 atom stereocenters. The zero-order valence-corrected chi connectivity index (χ0v) is 5.56. The van der Waals surface area contributed by atoms with Gasteiger partial charge in [0.05, 0.1) is 0 Å². The molecule has 2 radical (unpaired) electrons. The molecule has 0 aliphatic heterocycles. The summed E-state index contributed by atoms with van der Waals surface area (Å²) in [4.78, 5) is 0. The van der Waals surface area contributed by atoms with Gasteiger partial charge in [0.25, 0.3) is 0 Å². The van der Waals surface area contributed by atoms with Crippen LogP contribution in [0.3, 0.4) is 0 Å². The summed E-state index contributed by atoms with van der Waals surface area (Å²) in [5.74, 6) is 1.28. The highest BCUT2D eigenvalue weighted by atomic mass is 14.2. The smallest absolute Gasteiger partial charge is 0.0315 e. The third-order valence-corrected chi connectivity index (χ3v) is 2.18. The zero-order chi connectivity index (χ0) is 5.98. The molecule has 0 heterocycles. The summed E-state index contributed by atoms with van der Waals surface area (Å²) in [5, 5.41) is 0. The van der Waals surface area contributed by atoms with Gasteiger partial charge in [0, 0.05) is 0 Å². The molecule has 0 spiro atoms. The van der Waals surface area contributed by atoms with Crippen LogP contribution in [0.25, 0.3) is 0 Å². The van der Waals surface area contributed by atoms with Crippen molar-refractivity contribution in [1.29, 1.82) is 0 Å². The molecule has 46 valence electrons. The molecule has 1 aliphatic rings. The Morgan fingerprint density at radius 2 is 1.88 bits per heavy atom. The Kier molecular flexibility index (Phi) is 1.93. The molecular formula is C8H14. The molecule has 0 amide bonds. The molecule has 1 rings (SSSR count). The summed E-state index contributed by atoms with van der Waals surface area (Å²) in [6.07, 6.45) is 5.35. The third-order valence-electron chi connectivity index (χ3n) is 2.18. The molecule has 0 aromatic carbocycles. The van der Waals surface area contributed by atoms with Crippen molar-refractivity contribution in [2.75, 3.05) is 0 Å². The minimum absolute atomic E-state index is 0.503. The molecule has 0 nitrogen and oxygen atoms in total. The van der Waals surface area contributed by atoms with Crippen LogP contribution < -0.4 is 0 Å². The van der Waals surface area contributed by atoms with Gasteiger partial charge in [-0.2, -0.15) is 0 Å². The molecule has 0 heteroatoms. The Balaban J connectivity index is 2.28. The van der Waals surface area contributed by atoms with Gasteiger partial charge in [-0.25, -0.2) is 0 Å². The predicted molar refractivity (Wildman–Crippen MR) is 35.4 cm³/mol. The van der Waals surface area contributed by atoms with E-state index in [9.17, 15) is 0 Å². The Morgan fingerprint density at radius 1 is 1.25 bits per heavy atom. The number of hydrogen-bond acceptors (Lipinski definition) is 0. The highest BCUT2D eigenvalue weighted by Gasteiger charge is 2.15. The maximum absolute atomic E-state index is 5.78. The lowest BCUT2D eigenvalue weighted by Crippen LogP contribution is -2.12. The Morgan fingerprint density at radius 3 is 2.25 bits per heavy atom. The molecule has 0 unspecified atom stereocenters. The van der Waals surface area contributed by atoms with Crippen LogP contribution in [0.4, 0.5) is 0 Å². The summed E-state index contributed by atoms with van der Waals surface area (Å²) in [6.45, 7) is 8.03. The van der Waals surface area contributed by atoms with Crippen molar-refractivity contribution in [3.8, 4) is 0 Å². The average Bonchev–Trinajstić information content (AvgIpc) is 1.77. The van der Waals surface area contributed by atoms with E-state index in [2.05, 4.69) is 6.92 Å². The summed E-state index contributed by atoms with van der Waals surface area (Å²) in [7, 11) is 0. The summed E-state index contributed by atoms with van der Waals surface area (Å²) in [6, 6.07) is 0. The Bertz CT molecular complexity index is 56.4. The minimum Gasteiger partial charge on any atom is -0.0622 e. The van der Waals surface area contributed by atoms with Crippen LogP contribution in [0.5, 0.6) is 0 Å². The standard InChI is InChI=1S/C8H14/c1-7-5-3-4-6-8(7)2/h1,7-8H,3-6H2,2H3/t7-,8-/m0/s1. The summed E-state index contributed by atoms with van der Waals surface area (Å²) in [5.41, 5.74) is 0. The average molecular weight is 110 g/mol. The minimum atomic E-state index is 0.503. The highest BCUT2D eigenvalue weighted by Crippen LogP contribution is 2.27. The first-order chi connectivity index (χ1) is 3.80. The van der Waals surface area contributed by atoms with Crippen LogP contribution in [0, 0.1) is 18.8 Å². The summed E-state index contributed by atoms with van der Waals surface area (Å²) < 4.78 is 0. The molecule has 0 bridgehead atoms. The Hall–Kier alpha value is 0. The first-order valence-electron chi connectivity index (χ1n) is 3.56. The molecule has 1 fully saturated rings. The van der Waals surface area contributed by atoms with E-state index in [1.807, 2.05) is 0 Å². The third kappa shape index (κ3) is 1.24. The molecular weight excluding hydrogens is 96.1 g/mol. The van der Waals surface area contributed by atoms with Gasteiger partial charge in [-0.1, -0.05) is 26.2 Å². The first kappa shape index (κ1) is 6.12. The van der Waals surface area contributed by atoms with Gasteiger partial charge in [-0.15, -0.1) is 0 Å². The maximum Gasteiger partial charge on any atom is -0.0315 e. The van der Waals surface area contributed by atoms with E-state index in [0.717, 1.165) is 5.92 Å². The fourth-order valence-corrected chi connectivity index (χ4v) is 1.34. The van der Waals surface area contributed by atoms with Gasteiger partial charge in [0.15, 0.2) is 0 Å². The largest absolute Gasteiger partial charge is 0.0622 e. The van der Waals surface area contributed by atoms with E-state index in [1.165, 1.54) is 25.7 Å². The summed E-state index contributed by atoms with van der Waals surface area (Å²) >= 11 is 0. The van der Waals surface area contributed by atoms with Crippen molar-refractivity contribution >= 4 is 0 Å². The lowest BCUT2D eigenvalue weighted by Gasteiger charge is -2.24. The van der Waals surface area contributed by atoms with E-state index >= 15 is 0 Å². The van der Waals surface area contributed by atoms with E-state index < -0.39 is 0 Å². The molecule has 0 N–H and O–H groups in total. The van der Waals surface area contributed by atoms with Gasteiger partial charge in [0.1, 0.15) is 0 Å². The molecule has 0 aromatic rings. The fourth-order valence-electron chi connectivity index (χ4n) is 1.34. The van der Waals surface area contributed by atoms with E-state index in [-0.39, 0.29) is 0 Å². The quantitative estimate of drug-likeness (QED) is 0.449. The van der Waals surface area contributed by atoms with Crippen LogP contribution >= 0.6 is 0 Å². The second-order valence-corrected chi connectivity index (χ2v) is 2.93. The topological polar surface area (TPSA) is 0 Å². The zero-order valence-electron chi connectivity index (χ0n) is 5.56. The first-order valence-corrected chi connectivity index (χ1v) is 3.56. The molecule has 1 saturated carbocycles. The lowest BCUT2D eigenvalue weighted by molar-refractivity contribution is 0.304. The predicted octanol–water partition coefficient (Wildman–Crippen LogP) is 2.52. The van der Waals surface area contributed by atoms with Crippen molar-refractivity contribution in [2.24, 2.45) is 11.8 Å². The highest BCUT2D eigenvalue weighted by molar-refractivity contribution is 4.72. The fraction of sp³-hybridized carbons (Fsp3) is 0.875. The van der Waals surface area contributed by atoms with Crippen molar-refractivity contribution in [3.05, 3.63) is 6.92 Å². The normalized spacial score (nSPS) is 39.8. The second-order valence-electron chi connectivity index (χ2n) is 2.93. The van der Waals surface area contributed by atoms with Crippen LogP contribution in [0.1, 0.15) is 32.6 Å². The van der Waals surface area contributed by atoms with Crippen molar-refractivity contribution < 1.29 is 0 Å².